The Labute approximate surface area is 231 Å². The smallest absolute Gasteiger partial charge is 0.324 e. The summed E-state index contributed by atoms with van der Waals surface area (Å²) >= 11 is 0. The number of rotatable bonds is 13. The molecule has 1 unspecified atom stereocenters. The molecule has 0 saturated carbocycles. The fraction of sp³-hybridized carbons (Fsp3) is 0.375. The first-order valence-corrected chi connectivity index (χ1v) is 13.2. The molecule has 0 aliphatic rings. The molecular weight excluding hydrogens is 494 g/mol. The number of benzene rings is 3. The van der Waals surface area contributed by atoms with Crippen LogP contribution in [0.3, 0.4) is 0 Å². The fourth-order valence-corrected chi connectivity index (χ4v) is 4.37. The molecule has 3 atom stereocenters. The predicted molar refractivity (Wildman–Crippen MR) is 149 cm³/mol. The van der Waals surface area contributed by atoms with Crippen molar-refractivity contribution < 1.29 is 29.3 Å². The van der Waals surface area contributed by atoms with Gasteiger partial charge in [-0.1, -0.05) is 91.0 Å². The fourth-order valence-electron chi connectivity index (χ4n) is 4.37. The van der Waals surface area contributed by atoms with E-state index in [1.807, 2.05) is 95.9 Å². The van der Waals surface area contributed by atoms with Gasteiger partial charge in [0, 0.05) is 13.1 Å². The number of hydrogen-bond acceptors (Lipinski definition) is 7. The van der Waals surface area contributed by atoms with Crippen LogP contribution in [0.15, 0.2) is 91.0 Å². The van der Waals surface area contributed by atoms with Crippen molar-refractivity contribution in [3.05, 3.63) is 108 Å². The van der Waals surface area contributed by atoms with E-state index in [1.54, 1.807) is 20.8 Å². The van der Waals surface area contributed by atoms with Gasteiger partial charge in [0.15, 0.2) is 0 Å². The van der Waals surface area contributed by atoms with Crippen LogP contribution in [0.4, 0.5) is 0 Å². The van der Waals surface area contributed by atoms with E-state index >= 15 is 0 Å². The number of aliphatic hydroxyl groups excluding tert-OH is 2. The van der Waals surface area contributed by atoms with Gasteiger partial charge in [-0.05, 0) is 43.9 Å². The van der Waals surface area contributed by atoms with Crippen molar-refractivity contribution in [1.29, 1.82) is 0 Å². The first-order valence-electron chi connectivity index (χ1n) is 13.2. The summed E-state index contributed by atoms with van der Waals surface area (Å²) < 4.78 is 11.5. The van der Waals surface area contributed by atoms with Gasteiger partial charge in [-0.3, -0.25) is 14.5 Å². The molecule has 208 valence electrons. The Bertz CT molecular complexity index is 1110. The van der Waals surface area contributed by atoms with Crippen LogP contribution < -0.4 is 0 Å². The van der Waals surface area contributed by atoms with Crippen molar-refractivity contribution in [2.24, 2.45) is 5.92 Å². The van der Waals surface area contributed by atoms with Gasteiger partial charge >= 0.3 is 11.9 Å². The first kappa shape index (κ1) is 30.0. The Hall–Kier alpha value is -3.52. The van der Waals surface area contributed by atoms with Crippen molar-refractivity contribution in [3.63, 3.8) is 0 Å². The number of ether oxygens (including phenoxy) is 2. The summed E-state index contributed by atoms with van der Waals surface area (Å²) in [5.41, 5.74) is 1.88. The second-order valence-electron chi connectivity index (χ2n) is 10.6. The van der Waals surface area contributed by atoms with Gasteiger partial charge in [0.2, 0.25) is 0 Å². The maximum absolute atomic E-state index is 13.9. The molecule has 0 aliphatic carbocycles. The van der Waals surface area contributed by atoms with Crippen molar-refractivity contribution in [2.75, 3.05) is 6.61 Å². The van der Waals surface area contributed by atoms with Crippen molar-refractivity contribution in [3.8, 4) is 0 Å². The lowest BCUT2D eigenvalue weighted by atomic mass is 9.90. The Morgan fingerprint density at radius 3 is 1.67 bits per heavy atom. The molecule has 0 aromatic heterocycles. The SMILES string of the molecule is CC(C)(C)OC(=O)[C@@H](CC(O)CO)[C@@H](C(=O)OCc1ccccc1)N(Cc1ccccc1)Cc1ccccc1. The summed E-state index contributed by atoms with van der Waals surface area (Å²) in [6.07, 6.45) is -1.39. The molecule has 2 N–H and O–H groups in total. The van der Waals surface area contributed by atoms with Crippen LogP contribution in [-0.2, 0) is 38.8 Å². The molecule has 0 saturated heterocycles. The Kier molecular flexibility index (Phi) is 11.2. The average Bonchev–Trinajstić information content (AvgIpc) is 2.92. The van der Waals surface area contributed by atoms with Crippen LogP contribution in [0.2, 0.25) is 0 Å². The number of nitrogens with zero attached hydrogens (tertiary/aromatic N) is 1. The van der Waals surface area contributed by atoms with Crippen molar-refractivity contribution >= 4 is 11.9 Å². The van der Waals surface area contributed by atoms with E-state index in [2.05, 4.69) is 0 Å². The molecular formula is C32H39NO6. The monoisotopic (exact) mass is 533 g/mol. The second-order valence-corrected chi connectivity index (χ2v) is 10.6. The normalized spacial score (nSPS) is 13.9. The van der Waals surface area contributed by atoms with Gasteiger partial charge in [0.05, 0.1) is 18.6 Å². The molecule has 0 radical (unpaired) electrons. The van der Waals surface area contributed by atoms with Crippen LogP contribution in [-0.4, -0.2) is 51.4 Å². The van der Waals surface area contributed by atoms with Crippen LogP contribution in [0.1, 0.15) is 43.9 Å². The topological polar surface area (TPSA) is 96.3 Å². The van der Waals surface area contributed by atoms with E-state index in [4.69, 9.17) is 9.47 Å². The lowest BCUT2D eigenvalue weighted by molar-refractivity contribution is -0.172. The highest BCUT2D eigenvalue weighted by atomic mass is 16.6. The highest BCUT2D eigenvalue weighted by Gasteiger charge is 2.42. The third-order valence-corrected chi connectivity index (χ3v) is 6.14. The van der Waals surface area contributed by atoms with Crippen molar-refractivity contribution in [1.82, 2.24) is 4.90 Å². The zero-order chi connectivity index (χ0) is 28.3. The number of carbonyl (C=O) groups is 2. The summed E-state index contributed by atoms with van der Waals surface area (Å²) in [6, 6.07) is 27.5. The zero-order valence-electron chi connectivity index (χ0n) is 22.9. The number of hydrogen-bond donors (Lipinski definition) is 2. The summed E-state index contributed by atoms with van der Waals surface area (Å²) in [5, 5.41) is 20.1. The van der Waals surface area contributed by atoms with E-state index in [0.717, 1.165) is 16.7 Å². The molecule has 3 rings (SSSR count). The number of aliphatic hydroxyl groups is 2. The standard InChI is InChI=1S/C32H39NO6/c1-32(2,3)39-30(36)28(19-27(35)22-34)29(31(37)38-23-26-17-11-6-12-18-26)33(20-24-13-7-4-8-14-24)21-25-15-9-5-10-16-25/h4-18,27-29,34-35H,19-23H2,1-3H3/t27?,28-,29-/m0/s1. The van der Waals surface area contributed by atoms with Gasteiger partial charge in [0.25, 0.3) is 0 Å². The summed E-state index contributed by atoms with van der Waals surface area (Å²) in [4.78, 5) is 29.4. The van der Waals surface area contributed by atoms with Gasteiger partial charge in [0.1, 0.15) is 18.2 Å². The number of carbonyl (C=O) groups excluding carboxylic acids is 2. The van der Waals surface area contributed by atoms with Crippen LogP contribution in [0.5, 0.6) is 0 Å². The summed E-state index contributed by atoms with van der Waals surface area (Å²) in [6.45, 7) is 5.41. The van der Waals surface area contributed by atoms with E-state index in [0.29, 0.717) is 13.1 Å². The third-order valence-electron chi connectivity index (χ3n) is 6.14. The molecule has 0 fully saturated rings. The maximum atomic E-state index is 13.9. The Morgan fingerprint density at radius 1 is 0.769 bits per heavy atom. The highest BCUT2D eigenvalue weighted by Crippen LogP contribution is 2.27. The third kappa shape index (κ3) is 9.94. The molecule has 7 heteroatoms. The van der Waals surface area contributed by atoms with E-state index in [9.17, 15) is 19.8 Å². The second kappa shape index (κ2) is 14.6. The molecule has 39 heavy (non-hydrogen) atoms. The number of esters is 2. The van der Waals surface area contributed by atoms with E-state index < -0.39 is 42.2 Å². The molecule has 0 bridgehead atoms. The molecule has 0 heterocycles. The minimum atomic E-state index is -1.22. The minimum absolute atomic E-state index is 0.0320. The molecule has 0 spiro atoms. The first-order chi connectivity index (χ1) is 18.7. The Morgan fingerprint density at radius 2 is 1.23 bits per heavy atom. The van der Waals surface area contributed by atoms with Crippen LogP contribution >= 0.6 is 0 Å². The average molecular weight is 534 g/mol. The predicted octanol–water partition coefficient (Wildman–Crippen LogP) is 4.50. The lowest BCUT2D eigenvalue weighted by Crippen LogP contribution is -2.51. The largest absolute Gasteiger partial charge is 0.460 e. The molecule has 3 aromatic carbocycles. The molecule has 7 nitrogen and oxygen atoms in total. The van der Waals surface area contributed by atoms with E-state index in [-0.39, 0.29) is 13.0 Å². The van der Waals surface area contributed by atoms with Crippen molar-refractivity contribution in [2.45, 2.75) is 64.6 Å². The van der Waals surface area contributed by atoms with Gasteiger partial charge in [-0.25, -0.2) is 0 Å². The maximum Gasteiger partial charge on any atom is 0.324 e. The van der Waals surface area contributed by atoms with Crippen LogP contribution in [0, 0.1) is 5.92 Å². The lowest BCUT2D eigenvalue weighted by Gasteiger charge is -2.36. The van der Waals surface area contributed by atoms with E-state index in [1.165, 1.54) is 0 Å². The minimum Gasteiger partial charge on any atom is -0.460 e. The summed E-state index contributed by atoms with van der Waals surface area (Å²) in [5.74, 6) is -2.34. The summed E-state index contributed by atoms with van der Waals surface area (Å²) in [7, 11) is 0. The molecule has 3 aromatic rings. The van der Waals surface area contributed by atoms with Crippen LogP contribution in [0.25, 0.3) is 0 Å². The highest BCUT2D eigenvalue weighted by molar-refractivity contribution is 5.85. The Balaban J connectivity index is 2.05. The van der Waals surface area contributed by atoms with Gasteiger partial charge < -0.3 is 19.7 Å². The quantitative estimate of drug-likeness (QED) is 0.312. The van der Waals surface area contributed by atoms with Gasteiger partial charge in [-0.15, -0.1) is 0 Å². The molecule has 0 amide bonds. The molecule has 0 aliphatic heterocycles. The van der Waals surface area contributed by atoms with Gasteiger partial charge in [-0.2, -0.15) is 0 Å². The zero-order valence-corrected chi connectivity index (χ0v) is 22.9.